The summed E-state index contributed by atoms with van der Waals surface area (Å²) in [4.78, 5) is 39.0. The molecule has 0 bridgehead atoms. The fourth-order valence-electron chi connectivity index (χ4n) is 3.01. The third-order valence-corrected chi connectivity index (χ3v) is 4.87. The van der Waals surface area contributed by atoms with Crippen molar-refractivity contribution in [3.8, 4) is 5.75 Å². The van der Waals surface area contributed by atoms with Crippen molar-refractivity contribution < 1.29 is 14.3 Å². The third-order valence-electron chi connectivity index (χ3n) is 4.40. The Morgan fingerprint density at radius 2 is 2.00 bits per heavy atom. The van der Waals surface area contributed by atoms with Crippen LogP contribution in [0.25, 0.3) is 0 Å². The summed E-state index contributed by atoms with van der Waals surface area (Å²) in [6, 6.07) is 5.43. The average Bonchev–Trinajstić information content (AvgIpc) is 2.65. The van der Waals surface area contributed by atoms with E-state index in [9.17, 15) is 14.4 Å². The average molecular weight is 409 g/mol. The van der Waals surface area contributed by atoms with Gasteiger partial charge in [0.1, 0.15) is 10.8 Å². The van der Waals surface area contributed by atoms with E-state index in [2.05, 4.69) is 0 Å². The maximum Gasteiger partial charge on any atom is 0.270 e. The van der Waals surface area contributed by atoms with Crippen LogP contribution in [0.15, 0.2) is 35.3 Å². The Hall–Kier alpha value is -2.31. The van der Waals surface area contributed by atoms with Crippen molar-refractivity contribution >= 4 is 40.6 Å². The lowest BCUT2D eigenvalue weighted by Gasteiger charge is -2.29. The molecular weight excluding hydrogens is 391 g/mol. The van der Waals surface area contributed by atoms with Crippen molar-refractivity contribution in [2.45, 2.75) is 26.3 Å². The number of hydrogen-bond acceptors (Lipinski definition) is 4. The summed E-state index contributed by atoms with van der Waals surface area (Å²) < 4.78 is 6.66. The molecule has 0 saturated heterocycles. The van der Waals surface area contributed by atoms with Crippen LogP contribution in [0.4, 0.5) is 5.69 Å². The maximum absolute atomic E-state index is 13.0. The number of carbonyl (C=O) groups is 2. The van der Waals surface area contributed by atoms with Gasteiger partial charge in [0.25, 0.3) is 11.5 Å². The summed E-state index contributed by atoms with van der Waals surface area (Å²) in [7, 11) is 0. The van der Waals surface area contributed by atoms with Crippen LogP contribution in [-0.4, -0.2) is 29.4 Å². The Bertz CT molecular complexity index is 971. The van der Waals surface area contributed by atoms with Crippen LogP contribution >= 0.6 is 23.2 Å². The summed E-state index contributed by atoms with van der Waals surface area (Å²) >= 11 is 11.9. The van der Waals surface area contributed by atoms with E-state index in [1.54, 1.807) is 30.0 Å². The second kappa shape index (κ2) is 7.74. The number of aromatic nitrogens is 1. The van der Waals surface area contributed by atoms with Crippen molar-refractivity contribution in [1.82, 2.24) is 4.57 Å². The molecule has 0 N–H and O–H groups in total. The first-order valence-corrected chi connectivity index (χ1v) is 9.27. The minimum absolute atomic E-state index is 0.0207. The minimum atomic E-state index is -0.813. The number of pyridine rings is 1. The van der Waals surface area contributed by atoms with Gasteiger partial charge in [-0.25, -0.2) is 0 Å². The van der Waals surface area contributed by atoms with Crippen molar-refractivity contribution in [1.29, 1.82) is 0 Å². The zero-order valence-electron chi connectivity index (χ0n) is 14.9. The number of Topliss-reactive ketones (excluding diaryl/α,β-unsaturated/α-hetero) is 1. The van der Waals surface area contributed by atoms with Crippen LogP contribution in [-0.2, 0) is 4.79 Å². The molecule has 1 aliphatic rings. The molecule has 8 heteroatoms. The Morgan fingerprint density at radius 1 is 1.26 bits per heavy atom. The summed E-state index contributed by atoms with van der Waals surface area (Å²) in [5.74, 6) is 0.0998. The van der Waals surface area contributed by atoms with Gasteiger partial charge in [0.15, 0.2) is 12.4 Å². The van der Waals surface area contributed by atoms with E-state index >= 15 is 0 Å². The molecule has 0 spiro atoms. The number of nitrogens with zero attached hydrogens (tertiary/aromatic N) is 2. The molecule has 1 aromatic carbocycles. The lowest BCUT2D eigenvalue weighted by Crippen LogP contribution is -2.39. The molecule has 3 rings (SSSR count). The first-order chi connectivity index (χ1) is 12.8. The highest BCUT2D eigenvalue weighted by molar-refractivity contribution is 6.34. The fraction of sp³-hybridized carbons (Fsp3) is 0.316. The predicted molar refractivity (Wildman–Crippen MR) is 104 cm³/mol. The molecule has 27 heavy (non-hydrogen) atoms. The van der Waals surface area contributed by atoms with Gasteiger partial charge in [-0.15, -0.1) is 0 Å². The van der Waals surface area contributed by atoms with Gasteiger partial charge in [-0.2, -0.15) is 0 Å². The van der Waals surface area contributed by atoms with E-state index in [1.807, 2.05) is 6.92 Å². The van der Waals surface area contributed by atoms with Crippen molar-refractivity contribution in [2.24, 2.45) is 0 Å². The van der Waals surface area contributed by atoms with Crippen molar-refractivity contribution in [2.75, 3.05) is 18.1 Å². The number of ether oxygens (including phenoxy) is 1. The van der Waals surface area contributed by atoms with Crippen LogP contribution in [0.5, 0.6) is 5.75 Å². The van der Waals surface area contributed by atoms with E-state index in [4.69, 9.17) is 27.9 Å². The van der Waals surface area contributed by atoms with Crippen LogP contribution in [0, 0.1) is 0 Å². The van der Waals surface area contributed by atoms with Gasteiger partial charge in [0.2, 0.25) is 0 Å². The molecule has 1 atom stereocenters. The zero-order chi connectivity index (χ0) is 19.7. The lowest BCUT2D eigenvalue weighted by molar-refractivity contribution is -0.121. The summed E-state index contributed by atoms with van der Waals surface area (Å²) in [6.07, 6.45) is 2.16. The third kappa shape index (κ3) is 3.73. The number of halogens is 2. The highest BCUT2D eigenvalue weighted by atomic mass is 35.5. The molecule has 1 amide bonds. The number of anilines is 1. The van der Waals surface area contributed by atoms with E-state index in [0.717, 1.165) is 6.42 Å². The maximum atomic E-state index is 13.0. The van der Waals surface area contributed by atoms with Crippen molar-refractivity contribution in [3.05, 3.63) is 56.4 Å². The molecule has 0 fully saturated rings. The number of fused-ring (bicyclic) bond motifs is 1. The van der Waals surface area contributed by atoms with Crippen LogP contribution in [0.1, 0.15) is 36.7 Å². The topological polar surface area (TPSA) is 68.6 Å². The van der Waals surface area contributed by atoms with E-state index in [1.165, 1.54) is 16.8 Å². The van der Waals surface area contributed by atoms with E-state index in [0.29, 0.717) is 23.5 Å². The number of benzene rings is 1. The molecule has 1 aliphatic heterocycles. The van der Waals surface area contributed by atoms with Gasteiger partial charge in [0.05, 0.1) is 16.8 Å². The first kappa shape index (κ1) is 19.5. The number of carbonyl (C=O) groups excluding carboxylic acids is 2. The Kier molecular flexibility index (Phi) is 5.58. The molecule has 1 aromatic heterocycles. The van der Waals surface area contributed by atoms with Gasteiger partial charge in [0, 0.05) is 18.3 Å². The molecule has 142 valence electrons. The highest BCUT2D eigenvalue weighted by Gasteiger charge is 2.27. The standard InChI is InChI=1S/C19H18Cl2N2O4/c1-3-6-22-15-7-12(4-5-16(15)27-10-17(22)24)18(25)11(2)23-9-13(20)8-14(21)19(23)26/h4-5,7-9,11H,3,6,10H2,1-2H3. The quantitative estimate of drug-likeness (QED) is 0.706. The van der Waals surface area contributed by atoms with Gasteiger partial charge in [-0.1, -0.05) is 30.1 Å². The molecule has 0 saturated carbocycles. The Labute approximate surface area is 166 Å². The van der Waals surface area contributed by atoms with Crippen LogP contribution < -0.4 is 15.2 Å². The summed E-state index contributed by atoms with van der Waals surface area (Å²) in [5, 5.41) is 0.207. The highest BCUT2D eigenvalue weighted by Crippen LogP contribution is 2.34. The number of rotatable bonds is 5. The molecule has 2 heterocycles. The molecule has 0 aliphatic carbocycles. The van der Waals surface area contributed by atoms with Gasteiger partial charge in [-0.3, -0.25) is 14.4 Å². The first-order valence-electron chi connectivity index (χ1n) is 8.52. The molecule has 1 unspecified atom stereocenters. The zero-order valence-corrected chi connectivity index (χ0v) is 16.4. The normalized spacial score (nSPS) is 14.5. The summed E-state index contributed by atoms with van der Waals surface area (Å²) in [6.45, 7) is 4.08. The van der Waals surface area contributed by atoms with Crippen LogP contribution in [0.3, 0.4) is 0 Å². The smallest absolute Gasteiger partial charge is 0.270 e. The minimum Gasteiger partial charge on any atom is -0.482 e. The second-order valence-corrected chi connectivity index (χ2v) is 7.12. The van der Waals surface area contributed by atoms with Gasteiger partial charge >= 0.3 is 0 Å². The Morgan fingerprint density at radius 3 is 2.70 bits per heavy atom. The number of amides is 1. The second-order valence-electron chi connectivity index (χ2n) is 6.28. The molecule has 2 aromatic rings. The fourth-order valence-corrected chi connectivity index (χ4v) is 3.50. The largest absolute Gasteiger partial charge is 0.482 e. The monoisotopic (exact) mass is 408 g/mol. The number of hydrogen-bond donors (Lipinski definition) is 0. The van der Waals surface area contributed by atoms with Crippen molar-refractivity contribution in [3.63, 3.8) is 0 Å². The Balaban J connectivity index is 1.99. The summed E-state index contributed by atoms with van der Waals surface area (Å²) in [5.41, 5.74) is 0.428. The van der Waals surface area contributed by atoms with E-state index in [-0.39, 0.29) is 28.3 Å². The number of ketones is 1. The van der Waals surface area contributed by atoms with E-state index < -0.39 is 11.6 Å². The molecule has 6 nitrogen and oxygen atoms in total. The van der Waals surface area contributed by atoms with Gasteiger partial charge in [-0.05, 0) is 37.6 Å². The molecule has 0 radical (unpaired) electrons. The SMILES string of the molecule is CCCN1C(=O)COc2ccc(C(=O)C(C)n3cc(Cl)cc(Cl)c3=O)cc21. The predicted octanol–water partition coefficient (Wildman–Crippen LogP) is 3.73. The lowest BCUT2D eigenvalue weighted by atomic mass is 10.0. The van der Waals surface area contributed by atoms with Crippen LogP contribution in [0.2, 0.25) is 10.0 Å². The van der Waals surface area contributed by atoms with Gasteiger partial charge < -0.3 is 14.2 Å². The molecular formula is C19H18Cl2N2O4.